The molecule has 0 atom stereocenters. The summed E-state index contributed by atoms with van der Waals surface area (Å²) in [6.45, 7) is 0. The number of nitrogens with one attached hydrogen (secondary N) is 3. The fraction of sp³-hybridized carbons (Fsp3) is 0. The lowest BCUT2D eigenvalue weighted by molar-refractivity contribution is 0.0962. The van der Waals surface area contributed by atoms with Crippen LogP contribution in [0.15, 0.2) is 67.4 Å². The quantitative estimate of drug-likeness (QED) is 0.393. The van der Waals surface area contributed by atoms with E-state index in [-0.39, 0.29) is 17.4 Å². The van der Waals surface area contributed by atoms with Gasteiger partial charge in [0.25, 0.3) is 5.91 Å². The predicted molar refractivity (Wildman–Crippen MR) is 107 cm³/mol. The number of anilines is 4. The number of hydrazine groups is 1. The Balaban J connectivity index is 1.54. The van der Waals surface area contributed by atoms with Gasteiger partial charge in [-0.25, -0.2) is 9.97 Å². The molecular weight excluding hydrogens is 356 g/mol. The number of aromatic nitrogens is 4. The minimum Gasteiger partial charge on any atom is -0.393 e. The third-order valence-electron chi connectivity index (χ3n) is 4.01. The third kappa shape index (κ3) is 3.49. The third-order valence-corrected chi connectivity index (χ3v) is 4.01. The molecule has 0 radical (unpaired) electrons. The van der Waals surface area contributed by atoms with Crippen molar-refractivity contribution in [2.75, 3.05) is 16.5 Å². The fourth-order valence-electron chi connectivity index (χ4n) is 2.62. The molecule has 1 aromatic carbocycles. The maximum absolute atomic E-state index is 12.1. The Morgan fingerprint density at radius 2 is 1.68 bits per heavy atom. The summed E-state index contributed by atoms with van der Waals surface area (Å²) in [5, 5.41) is 4.16. The normalized spacial score (nSPS) is 10.4. The first-order valence-corrected chi connectivity index (χ1v) is 8.40. The van der Waals surface area contributed by atoms with E-state index in [1.54, 1.807) is 18.3 Å². The number of pyridine rings is 2. The topological polar surface area (TPSA) is 131 Å². The van der Waals surface area contributed by atoms with Gasteiger partial charge < -0.3 is 11.1 Å². The van der Waals surface area contributed by atoms with E-state index >= 15 is 0 Å². The van der Waals surface area contributed by atoms with Crippen LogP contribution < -0.4 is 21.9 Å². The maximum atomic E-state index is 12.1. The largest absolute Gasteiger partial charge is 0.393 e. The van der Waals surface area contributed by atoms with Gasteiger partial charge in [-0.05, 0) is 24.3 Å². The van der Waals surface area contributed by atoms with Crippen LogP contribution in [0, 0.1) is 0 Å². The number of carbonyl (C=O) groups is 1. The highest BCUT2D eigenvalue weighted by molar-refractivity contribution is 5.95. The number of nitrogens with two attached hydrogens (primary N) is 1. The van der Waals surface area contributed by atoms with Gasteiger partial charge in [0.1, 0.15) is 12.0 Å². The molecule has 0 aliphatic carbocycles. The highest BCUT2D eigenvalue weighted by Gasteiger charge is 2.11. The van der Waals surface area contributed by atoms with Crippen LogP contribution in [-0.4, -0.2) is 25.8 Å². The molecule has 0 unspecified atom stereocenters. The van der Waals surface area contributed by atoms with Crippen molar-refractivity contribution in [3.05, 3.63) is 72.9 Å². The first-order chi connectivity index (χ1) is 13.7. The molecular formula is C19H16N8O. The van der Waals surface area contributed by atoms with Crippen molar-refractivity contribution in [1.29, 1.82) is 0 Å². The van der Waals surface area contributed by atoms with E-state index in [9.17, 15) is 4.79 Å². The summed E-state index contributed by atoms with van der Waals surface area (Å²) in [6, 6.07) is 12.8. The molecule has 3 aromatic heterocycles. The standard InChI is InChI=1S/C19H16N8O/c20-15-17(25-14-5-1-3-12-4-2-8-22-16(12)14)23-11-24-18(15)26-27-19(28)13-6-9-21-10-7-13/h1-11H,20H2,(H,27,28)(H2,23,24,25,26). The summed E-state index contributed by atoms with van der Waals surface area (Å²) < 4.78 is 0. The number of hydrogen-bond donors (Lipinski definition) is 4. The molecule has 4 aromatic rings. The number of fused-ring (bicyclic) bond motifs is 1. The lowest BCUT2D eigenvalue weighted by Gasteiger charge is -2.14. The summed E-state index contributed by atoms with van der Waals surface area (Å²) in [5.74, 6) is 0.329. The van der Waals surface area contributed by atoms with Gasteiger partial charge in [-0.3, -0.25) is 25.6 Å². The smallest absolute Gasteiger partial charge is 0.269 e. The van der Waals surface area contributed by atoms with E-state index in [1.807, 2.05) is 30.3 Å². The number of para-hydroxylation sites is 1. The number of rotatable bonds is 5. The minimum atomic E-state index is -0.340. The molecule has 0 saturated carbocycles. The Bertz CT molecular complexity index is 1130. The average Bonchev–Trinajstić information content (AvgIpc) is 2.75. The zero-order valence-electron chi connectivity index (χ0n) is 14.6. The second-order valence-electron chi connectivity index (χ2n) is 5.81. The summed E-state index contributed by atoms with van der Waals surface area (Å²) >= 11 is 0. The number of amides is 1. The minimum absolute atomic E-state index is 0.255. The molecule has 9 heteroatoms. The van der Waals surface area contributed by atoms with Crippen LogP contribution in [0.4, 0.5) is 23.0 Å². The Kier molecular flexibility index (Phi) is 4.62. The number of nitrogens with zero attached hydrogens (tertiary/aromatic N) is 4. The van der Waals surface area contributed by atoms with Crippen molar-refractivity contribution in [3.63, 3.8) is 0 Å². The van der Waals surface area contributed by atoms with Crippen LogP contribution >= 0.6 is 0 Å². The maximum Gasteiger partial charge on any atom is 0.269 e. The van der Waals surface area contributed by atoms with Gasteiger partial charge in [0.05, 0.1) is 11.2 Å². The highest BCUT2D eigenvalue weighted by Crippen LogP contribution is 2.28. The lowest BCUT2D eigenvalue weighted by Crippen LogP contribution is -2.30. The molecule has 4 rings (SSSR count). The average molecular weight is 372 g/mol. The Morgan fingerprint density at radius 1 is 0.893 bits per heavy atom. The molecule has 0 bridgehead atoms. The van der Waals surface area contributed by atoms with Crippen molar-refractivity contribution in [3.8, 4) is 0 Å². The van der Waals surface area contributed by atoms with Crippen molar-refractivity contribution >= 4 is 39.8 Å². The monoisotopic (exact) mass is 372 g/mol. The fourth-order valence-corrected chi connectivity index (χ4v) is 2.62. The summed E-state index contributed by atoms with van der Waals surface area (Å²) in [7, 11) is 0. The van der Waals surface area contributed by atoms with E-state index in [1.165, 1.54) is 18.7 Å². The second-order valence-corrected chi connectivity index (χ2v) is 5.81. The van der Waals surface area contributed by atoms with Gasteiger partial charge >= 0.3 is 0 Å². The first-order valence-electron chi connectivity index (χ1n) is 8.40. The Hall–Kier alpha value is -4.27. The van der Waals surface area contributed by atoms with Gasteiger partial charge in [0.2, 0.25) is 0 Å². The molecule has 28 heavy (non-hydrogen) atoms. The van der Waals surface area contributed by atoms with E-state index < -0.39 is 0 Å². The van der Waals surface area contributed by atoms with E-state index in [2.05, 4.69) is 36.1 Å². The van der Waals surface area contributed by atoms with E-state index in [4.69, 9.17) is 5.73 Å². The van der Waals surface area contributed by atoms with Crippen LogP contribution in [0.1, 0.15) is 10.4 Å². The van der Waals surface area contributed by atoms with Crippen LogP contribution in [0.2, 0.25) is 0 Å². The Labute approximate surface area is 160 Å². The van der Waals surface area contributed by atoms with Gasteiger partial charge in [-0.1, -0.05) is 18.2 Å². The van der Waals surface area contributed by atoms with Crippen LogP contribution in [0.5, 0.6) is 0 Å². The number of benzene rings is 1. The van der Waals surface area contributed by atoms with Gasteiger partial charge in [-0.15, -0.1) is 0 Å². The van der Waals surface area contributed by atoms with Crippen molar-refractivity contribution < 1.29 is 4.79 Å². The molecule has 5 N–H and O–H groups in total. The molecule has 0 aliphatic heterocycles. The summed E-state index contributed by atoms with van der Waals surface area (Å²) in [4.78, 5) is 28.7. The number of carbonyl (C=O) groups excluding carboxylic acids is 1. The molecule has 0 saturated heterocycles. The SMILES string of the molecule is Nc1c(NNC(=O)c2ccncc2)ncnc1Nc1cccc2cccnc12. The molecule has 3 heterocycles. The second kappa shape index (κ2) is 7.54. The Morgan fingerprint density at radius 3 is 2.54 bits per heavy atom. The molecule has 0 fully saturated rings. The van der Waals surface area contributed by atoms with Crippen LogP contribution in [0.3, 0.4) is 0 Å². The zero-order chi connectivity index (χ0) is 19.3. The first kappa shape index (κ1) is 17.2. The zero-order valence-corrected chi connectivity index (χ0v) is 14.6. The molecule has 9 nitrogen and oxygen atoms in total. The highest BCUT2D eigenvalue weighted by atomic mass is 16.2. The molecule has 0 spiro atoms. The van der Waals surface area contributed by atoms with Crippen LogP contribution in [0.25, 0.3) is 10.9 Å². The summed E-state index contributed by atoms with van der Waals surface area (Å²) in [5.41, 5.74) is 13.7. The van der Waals surface area contributed by atoms with E-state index in [0.717, 1.165) is 16.6 Å². The van der Waals surface area contributed by atoms with E-state index in [0.29, 0.717) is 11.4 Å². The lowest BCUT2D eigenvalue weighted by atomic mass is 10.2. The molecule has 138 valence electrons. The number of nitrogen functional groups attached to an aromatic ring is 1. The van der Waals surface area contributed by atoms with Gasteiger partial charge in [0, 0.05) is 29.5 Å². The van der Waals surface area contributed by atoms with Crippen molar-refractivity contribution in [2.45, 2.75) is 0 Å². The van der Waals surface area contributed by atoms with Crippen molar-refractivity contribution in [1.82, 2.24) is 25.4 Å². The molecule has 1 amide bonds. The summed E-state index contributed by atoms with van der Waals surface area (Å²) in [6.07, 6.45) is 6.14. The van der Waals surface area contributed by atoms with Gasteiger partial charge in [0.15, 0.2) is 11.6 Å². The number of hydrogen-bond acceptors (Lipinski definition) is 8. The predicted octanol–water partition coefficient (Wildman–Crippen LogP) is 2.50. The van der Waals surface area contributed by atoms with Gasteiger partial charge in [-0.2, -0.15) is 0 Å². The molecule has 0 aliphatic rings. The van der Waals surface area contributed by atoms with Crippen molar-refractivity contribution in [2.24, 2.45) is 0 Å². The van der Waals surface area contributed by atoms with Crippen LogP contribution in [-0.2, 0) is 0 Å².